The fourth-order valence-electron chi connectivity index (χ4n) is 3.35. The Hall–Kier alpha value is -2.45. The van der Waals surface area contributed by atoms with Crippen LogP contribution in [0.1, 0.15) is 12.6 Å². The zero-order chi connectivity index (χ0) is 18.1. The molecule has 3 aromatic heterocycles. The molecule has 0 saturated carbocycles. The van der Waals surface area contributed by atoms with E-state index in [2.05, 4.69) is 15.1 Å². The van der Waals surface area contributed by atoms with Crippen LogP contribution in [-0.4, -0.2) is 63.9 Å². The highest BCUT2D eigenvalue weighted by molar-refractivity contribution is 5.74. The Morgan fingerprint density at radius 3 is 2.85 bits per heavy atom. The predicted octanol–water partition coefficient (Wildman–Crippen LogP) is 1.77. The topological polar surface area (TPSA) is 69.7 Å². The van der Waals surface area contributed by atoms with Crippen LogP contribution >= 0.6 is 0 Å². The van der Waals surface area contributed by atoms with Crippen LogP contribution in [0, 0.1) is 6.92 Å². The van der Waals surface area contributed by atoms with Gasteiger partial charge in [0, 0.05) is 32.0 Å². The van der Waals surface area contributed by atoms with Crippen molar-refractivity contribution in [3.63, 3.8) is 0 Å². The molecule has 8 heteroatoms. The largest absolute Gasteiger partial charge is 0.380 e. The molecule has 0 radical (unpaired) electrons. The molecule has 3 aromatic rings. The summed E-state index contributed by atoms with van der Waals surface area (Å²) >= 11 is 0. The number of hydrogen-bond acceptors (Lipinski definition) is 6. The molecular formula is C18H24N6O2. The highest BCUT2D eigenvalue weighted by Gasteiger charge is 2.20. The van der Waals surface area contributed by atoms with Crippen molar-refractivity contribution in [2.45, 2.75) is 26.5 Å². The van der Waals surface area contributed by atoms with E-state index in [1.807, 2.05) is 47.7 Å². The summed E-state index contributed by atoms with van der Waals surface area (Å²) < 4.78 is 14.6. The number of fused-ring (bicyclic) bond motifs is 1. The molecule has 1 atom stereocenters. The summed E-state index contributed by atoms with van der Waals surface area (Å²) in [6, 6.07) is 2.03. The number of morpholine rings is 1. The van der Waals surface area contributed by atoms with E-state index in [1.54, 1.807) is 7.11 Å². The van der Waals surface area contributed by atoms with E-state index in [4.69, 9.17) is 14.5 Å². The van der Waals surface area contributed by atoms with Crippen molar-refractivity contribution in [3.05, 3.63) is 30.4 Å². The third kappa shape index (κ3) is 3.06. The maximum absolute atomic E-state index is 5.47. The van der Waals surface area contributed by atoms with Gasteiger partial charge in [0.1, 0.15) is 0 Å². The second kappa shape index (κ2) is 7.05. The molecule has 1 fully saturated rings. The summed E-state index contributed by atoms with van der Waals surface area (Å²) in [5.74, 6) is 0. The minimum absolute atomic E-state index is 0.108. The van der Waals surface area contributed by atoms with E-state index in [0.717, 1.165) is 54.6 Å². The monoisotopic (exact) mass is 356 g/mol. The molecule has 4 rings (SSSR count). The first-order valence-corrected chi connectivity index (χ1v) is 8.90. The Kier molecular flexibility index (Phi) is 4.60. The molecule has 138 valence electrons. The molecule has 1 aliphatic rings. The second-order valence-corrected chi connectivity index (χ2v) is 6.59. The normalized spacial score (nSPS) is 16.3. The van der Waals surface area contributed by atoms with Crippen LogP contribution in [0.15, 0.2) is 24.7 Å². The van der Waals surface area contributed by atoms with E-state index in [0.29, 0.717) is 6.54 Å². The van der Waals surface area contributed by atoms with Gasteiger partial charge in [-0.05, 0) is 19.9 Å². The number of nitrogens with zero attached hydrogens (tertiary/aromatic N) is 6. The Balaban J connectivity index is 1.73. The lowest BCUT2D eigenvalue weighted by atomic mass is 10.2. The predicted molar refractivity (Wildman–Crippen MR) is 98.4 cm³/mol. The molecule has 0 aliphatic carbocycles. The zero-order valence-corrected chi connectivity index (χ0v) is 15.4. The molecule has 0 unspecified atom stereocenters. The van der Waals surface area contributed by atoms with Crippen LogP contribution in [0.3, 0.4) is 0 Å². The van der Waals surface area contributed by atoms with E-state index in [-0.39, 0.29) is 6.10 Å². The van der Waals surface area contributed by atoms with Crippen molar-refractivity contribution in [1.82, 2.24) is 24.4 Å². The third-order valence-electron chi connectivity index (χ3n) is 4.78. The molecular weight excluding hydrogens is 332 g/mol. The first-order chi connectivity index (χ1) is 12.7. The number of rotatable bonds is 5. The minimum atomic E-state index is 0.108. The highest BCUT2D eigenvalue weighted by atomic mass is 16.5. The van der Waals surface area contributed by atoms with Gasteiger partial charge in [0.05, 0.1) is 55.3 Å². The van der Waals surface area contributed by atoms with E-state index in [1.165, 1.54) is 0 Å². The Labute approximate surface area is 152 Å². The van der Waals surface area contributed by atoms with Crippen LogP contribution in [-0.2, 0) is 16.0 Å². The summed E-state index contributed by atoms with van der Waals surface area (Å²) in [6.45, 7) is 7.97. The first kappa shape index (κ1) is 17.0. The lowest BCUT2D eigenvalue weighted by molar-refractivity contribution is 0.0998. The van der Waals surface area contributed by atoms with Crippen molar-refractivity contribution >= 4 is 11.3 Å². The lowest BCUT2D eigenvalue weighted by Gasteiger charge is -2.28. The van der Waals surface area contributed by atoms with E-state index in [9.17, 15) is 0 Å². The Morgan fingerprint density at radius 1 is 1.27 bits per heavy atom. The number of anilines is 1. The molecule has 26 heavy (non-hydrogen) atoms. The van der Waals surface area contributed by atoms with Gasteiger partial charge >= 0.3 is 0 Å². The van der Waals surface area contributed by atoms with Crippen LogP contribution < -0.4 is 4.90 Å². The van der Waals surface area contributed by atoms with Gasteiger partial charge in [-0.25, -0.2) is 9.50 Å². The summed E-state index contributed by atoms with van der Waals surface area (Å²) in [7, 11) is 1.71. The molecule has 0 N–H and O–H groups in total. The smallest absolute Gasteiger partial charge is 0.178 e. The molecule has 8 nitrogen and oxygen atoms in total. The van der Waals surface area contributed by atoms with E-state index < -0.39 is 0 Å². The van der Waals surface area contributed by atoms with Gasteiger partial charge in [-0.15, -0.1) is 0 Å². The number of hydrogen-bond donors (Lipinski definition) is 0. The van der Waals surface area contributed by atoms with Crippen molar-refractivity contribution in [2.75, 3.05) is 38.3 Å². The Bertz CT molecular complexity index is 896. The molecule has 0 aromatic carbocycles. The SMILES string of the molecule is CO[C@@H](C)Cn1cc(-c2c(C)nc3c(N4CCOCC4)ccnn23)cn1. The number of aromatic nitrogens is 5. The molecule has 1 saturated heterocycles. The molecule has 1 aliphatic heterocycles. The van der Waals surface area contributed by atoms with Gasteiger partial charge in [0.2, 0.25) is 0 Å². The minimum Gasteiger partial charge on any atom is -0.380 e. The number of imidazole rings is 1. The van der Waals surface area contributed by atoms with Crippen molar-refractivity contribution in [3.8, 4) is 11.3 Å². The fourth-order valence-corrected chi connectivity index (χ4v) is 3.35. The summed E-state index contributed by atoms with van der Waals surface area (Å²) in [5.41, 5.74) is 4.90. The highest BCUT2D eigenvalue weighted by Crippen LogP contribution is 2.28. The zero-order valence-electron chi connectivity index (χ0n) is 15.4. The second-order valence-electron chi connectivity index (χ2n) is 6.59. The fraction of sp³-hybridized carbons (Fsp3) is 0.500. The molecule has 0 spiro atoms. The van der Waals surface area contributed by atoms with Crippen LogP contribution in [0.25, 0.3) is 16.9 Å². The summed E-state index contributed by atoms with van der Waals surface area (Å²) in [5, 5.41) is 9.02. The van der Waals surface area contributed by atoms with Crippen LogP contribution in [0.2, 0.25) is 0 Å². The van der Waals surface area contributed by atoms with Gasteiger partial charge < -0.3 is 14.4 Å². The molecule has 0 amide bonds. The maximum atomic E-state index is 5.47. The van der Waals surface area contributed by atoms with Crippen molar-refractivity contribution in [1.29, 1.82) is 0 Å². The maximum Gasteiger partial charge on any atom is 0.178 e. The van der Waals surface area contributed by atoms with Crippen molar-refractivity contribution < 1.29 is 9.47 Å². The van der Waals surface area contributed by atoms with E-state index >= 15 is 0 Å². The summed E-state index contributed by atoms with van der Waals surface area (Å²) in [6.07, 6.45) is 5.83. The first-order valence-electron chi connectivity index (χ1n) is 8.90. The quantitative estimate of drug-likeness (QED) is 0.694. The average Bonchev–Trinajstić information content (AvgIpc) is 3.24. The van der Waals surface area contributed by atoms with Gasteiger partial charge in [0.15, 0.2) is 5.65 Å². The molecule has 0 bridgehead atoms. The summed E-state index contributed by atoms with van der Waals surface area (Å²) in [4.78, 5) is 7.11. The lowest BCUT2D eigenvalue weighted by Crippen LogP contribution is -2.36. The number of ether oxygens (including phenoxy) is 2. The van der Waals surface area contributed by atoms with Gasteiger partial charge in [-0.1, -0.05) is 0 Å². The van der Waals surface area contributed by atoms with Crippen LogP contribution in [0.4, 0.5) is 5.69 Å². The molecule has 4 heterocycles. The van der Waals surface area contributed by atoms with Crippen LogP contribution in [0.5, 0.6) is 0 Å². The average molecular weight is 356 g/mol. The Morgan fingerprint density at radius 2 is 2.08 bits per heavy atom. The standard InChI is InChI=1S/C18H24N6O2/c1-13(25-3)11-23-12-15(10-20-23)17-14(2)21-18-16(4-5-19-24(17)18)22-6-8-26-9-7-22/h4-5,10,12-13H,6-9,11H2,1-3H3/t13-/m0/s1. The van der Waals surface area contributed by atoms with Crippen molar-refractivity contribution in [2.24, 2.45) is 0 Å². The van der Waals surface area contributed by atoms with Gasteiger partial charge in [-0.3, -0.25) is 4.68 Å². The number of methoxy groups -OCH3 is 1. The number of aryl methyl sites for hydroxylation is 1. The third-order valence-corrected chi connectivity index (χ3v) is 4.78. The van der Waals surface area contributed by atoms with Gasteiger partial charge in [-0.2, -0.15) is 10.2 Å². The van der Waals surface area contributed by atoms with Gasteiger partial charge in [0.25, 0.3) is 0 Å².